The summed E-state index contributed by atoms with van der Waals surface area (Å²) in [5.41, 5.74) is 0. The van der Waals surface area contributed by atoms with Crippen molar-refractivity contribution < 1.29 is 0 Å². The molecule has 0 spiro atoms. The smallest absolute Gasteiger partial charge is 0.0865 e. The Bertz CT molecular complexity index is 143. The fourth-order valence-corrected chi connectivity index (χ4v) is 2.35. The summed E-state index contributed by atoms with van der Waals surface area (Å²) in [5.74, 6) is 2.57. The first kappa shape index (κ1) is 9.88. The molecule has 0 aromatic carbocycles. The minimum absolute atomic E-state index is 0.616. The van der Waals surface area contributed by atoms with Crippen molar-refractivity contribution >= 4 is 11.8 Å². The molecule has 1 aliphatic heterocycles. The van der Waals surface area contributed by atoms with Gasteiger partial charge in [0.15, 0.2) is 0 Å². The standard InChI is InChI=1S/C9H16N2S/c10-4-7-11-5-1-2-8-12-9-3-6-11/h1-3,5-9H2. The maximum atomic E-state index is 8.55. The molecule has 68 valence electrons. The zero-order valence-corrected chi connectivity index (χ0v) is 8.28. The van der Waals surface area contributed by atoms with Crippen LogP contribution in [-0.2, 0) is 0 Å². The molecule has 1 aliphatic rings. The Hall–Kier alpha value is -0.200. The van der Waals surface area contributed by atoms with Gasteiger partial charge in [0.25, 0.3) is 0 Å². The van der Waals surface area contributed by atoms with Gasteiger partial charge < -0.3 is 0 Å². The maximum absolute atomic E-state index is 8.55. The summed E-state index contributed by atoms with van der Waals surface area (Å²) in [5, 5.41) is 8.55. The summed E-state index contributed by atoms with van der Waals surface area (Å²) in [6.07, 6.45) is 3.81. The van der Waals surface area contributed by atoms with Crippen LogP contribution in [0.15, 0.2) is 0 Å². The van der Waals surface area contributed by atoms with Crippen molar-refractivity contribution in [2.75, 3.05) is 31.1 Å². The van der Waals surface area contributed by atoms with E-state index in [2.05, 4.69) is 22.7 Å². The zero-order valence-electron chi connectivity index (χ0n) is 7.46. The summed E-state index contributed by atoms with van der Waals surface area (Å²) in [6.45, 7) is 2.85. The van der Waals surface area contributed by atoms with Gasteiger partial charge in [-0.05, 0) is 43.9 Å². The van der Waals surface area contributed by atoms with Crippen LogP contribution in [-0.4, -0.2) is 36.0 Å². The number of nitrogens with zero attached hydrogens (tertiary/aromatic N) is 2. The molecule has 0 bridgehead atoms. The Morgan fingerprint density at radius 1 is 1.17 bits per heavy atom. The van der Waals surface area contributed by atoms with Crippen molar-refractivity contribution in [1.82, 2.24) is 4.90 Å². The lowest BCUT2D eigenvalue weighted by molar-refractivity contribution is 0.304. The summed E-state index contributed by atoms with van der Waals surface area (Å²) in [4.78, 5) is 2.27. The number of hydrogen-bond acceptors (Lipinski definition) is 3. The average molecular weight is 184 g/mol. The third-order valence-electron chi connectivity index (χ3n) is 2.07. The normalized spacial score (nSPS) is 21.9. The van der Waals surface area contributed by atoms with Crippen LogP contribution >= 0.6 is 11.8 Å². The Labute approximate surface area is 78.9 Å². The van der Waals surface area contributed by atoms with Crippen LogP contribution in [0.5, 0.6) is 0 Å². The van der Waals surface area contributed by atoms with Crippen LogP contribution in [0.25, 0.3) is 0 Å². The number of thioether (sulfide) groups is 1. The predicted octanol–water partition coefficient (Wildman–Crippen LogP) is 1.73. The van der Waals surface area contributed by atoms with Crippen molar-refractivity contribution in [2.24, 2.45) is 0 Å². The Morgan fingerprint density at radius 2 is 1.92 bits per heavy atom. The first-order valence-electron chi connectivity index (χ1n) is 4.60. The molecule has 12 heavy (non-hydrogen) atoms. The first-order chi connectivity index (χ1) is 5.93. The highest BCUT2D eigenvalue weighted by atomic mass is 32.2. The largest absolute Gasteiger partial charge is 0.291 e. The lowest BCUT2D eigenvalue weighted by Crippen LogP contribution is -2.26. The van der Waals surface area contributed by atoms with E-state index >= 15 is 0 Å². The number of hydrogen-bond donors (Lipinski definition) is 0. The third-order valence-corrected chi connectivity index (χ3v) is 3.23. The first-order valence-corrected chi connectivity index (χ1v) is 5.76. The highest BCUT2D eigenvalue weighted by Gasteiger charge is 2.05. The summed E-state index contributed by atoms with van der Waals surface area (Å²) in [7, 11) is 0. The maximum Gasteiger partial charge on any atom is 0.0865 e. The minimum Gasteiger partial charge on any atom is -0.291 e. The van der Waals surface area contributed by atoms with Crippen LogP contribution in [0.2, 0.25) is 0 Å². The third kappa shape index (κ3) is 3.99. The van der Waals surface area contributed by atoms with Crippen molar-refractivity contribution in [3.8, 4) is 6.07 Å². The molecule has 0 atom stereocenters. The van der Waals surface area contributed by atoms with Crippen LogP contribution in [0, 0.1) is 11.3 Å². The minimum atomic E-state index is 0.616. The van der Waals surface area contributed by atoms with E-state index in [0.717, 1.165) is 13.1 Å². The van der Waals surface area contributed by atoms with Gasteiger partial charge in [-0.2, -0.15) is 17.0 Å². The molecule has 2 nitrogen and oxygen atoms in total. The second-order valence-corrected chi connectivity index (χ2v) is 4.33. The highest BCUT2D eigenvalue weighted by Crippen LogP contribution is 2.10. The molecule has 0 aromatic rings. The molecule has 3 heteroatoms. The monoisotopic (exact) mass is 184 g/mol. The van der Waals surface area contributed by atoms with Crippen molar-refractivity contribution in [2.45, 2.75) is 19.3 Å². The van der Waals surface area contributed by atoms with Crippen molar-refractivity contribution in [3.05, 3.63) is 0 Å². The van der Waals surface area contributed by atoms with E-state index in [4.69, 9.17) is 5.26 Å². The predicted molar refractivity (Wildman–Crippen MR) is 53.2 cm³/mol. The van der Waals surface area contributed by atoms with Gasteiger partial charge in [-0.25, -0.2) is 0 Å². The molecule has 0 amide bonds. The highest BCUT2D eigenvalue weighted by molar-refractivity contribution is 7.99. The van der Waals surface area contributed by atoms with E-state index in [-0.39, 0.29) is 0 Å². The van der Waals surface area contributed by atoms with Crippen molar-refractivity contribution in [3.63, 3.8) is 0 Å². The zero-order chi connectivity index (χ0) is 8.65. The number of nitriles is 1. The topological polar surface area (TPSA) is 27.0 Å². The fraction of sp³-hybridized carbons (Fsp3) is 0.889. The molecule has 0 aliphatic carbocycles. The van der Waals surface area contributed by atoms with Gasteiger partial charge in [0.05, 0.1) is 12.6 Å². The lowest BCUT2D eigenvalue weighted by atomic mass is 10.3. The molecule has 1 heterocycles. The molecular formula is C9H16N2S. The summed E-state index contributed by atoms with van der Waals surface area (Å²) >= 11 is 2.05. The van der Waals surface area contributed by atoms with Gasteiger partial charge >= 0.3 is 0 Å². The molecule has 0 unspecified atom stereocenters. The van der Waals surface area contributed by atoms with Gasteiger partial charge in [-0.3, -0.25) is 4.90 Å². The van der Waals surface area contributed by atoms with E-state index in [1.165, 1.54) is 30.8 Å². The molecule has 0 radical (unpaired) electrons. The molecule has 1 rings (SSSR count). The van der Waals surface area contributed by atoms with Gasteiger partial charge in [-0.1, -0.05) is 0 Å². The number of rotatable bonds is 1. The van der Waals surface area contributed by atoms with Gasteiger partial charge in [-0.15, -0.1) is 0 Å². The second kappa shape index (κ2) is 6.33. The quantitative estimate of drug-likeness (QED) is 0.581. The van der Waals surface area contributed by atoms with Crippen LogP contribution < -0.4 is 0 Å². The van der Waals surface area contributed by atoms with E-state index in [9.17, 15) is 0 Å². The molecular weight excluding hydrogens is 168 g/mol. The van der Waals surface area contributed by atoms with Crippen molar-refractivity contribution in [1.29, 1.82) is 5.26 Å². The molecule has 1 fully saturated rings. The SMILES string of the molecule is N#CCN1CCCCSCCC1. The molecule has 0 saturated carbocycles. The fourth-order valence-electron chi connectivity index (χ4n) is 1.40. The van der Waals surface area contributed by atoms with Gasteiger partial charge in [0.1, 0.15) is 0 Å². The molecule has 0 aromatic heterocycles. The summed E-state index contributed by atoms with van der Waals surface area (Å²) < 4.78 is 0. The van der Waals surface area contributed by atoms with Crippen LogP contribution in [0.4, 0.5) is 0 Å². The van der Waals surface area contributed by atoms with Gasteiger partial charge in [0, 0.05) is 0 Å². The van der Waals surface area contributed by atoms with Crippen LogP contribution in [0.3, 0.4) is 0 Å². The Balaban J connectivity index is 2.24. The van der Waals surface area contributed by atoms with E-state index in [1.807, 2.05) is 0 Å². The van der Waals surface area contributed by atoms with Crippen LogP contribution in [0.1, 0.15) is 19.3 Å². The molecule has 0 N–H and O–H groups in total. The Kier molecular flexibility index (Phi) is 5.21. The van der Waals surface area contributed by atoms with E-state index < -0.39 is 0 Å². The second-order valence-electron chi connectivity index (χ2n) is 3.11. The van der Waals surface area contributed by atoms with Gasteiger partial charge in [0.2, 0.25) is 0 Å². The Morgan fingerprint density at radius 3 is 2.75 bits per heavy atom. The lowest BCUT2D eigenvalue weighted by Gasteiger charge is -2.16. The average Bonchev–Trinajstić information content (AvgIpc) is 2.19. The summed E-state index contributed by atoms with van der Waals surface area (Å²) in [6, 6.07) is 2.23. The molecule has 1 saturated heterocycles. The van der Waals surface area contributed by atoms with E-state index in [0.29, 0.717) is 6.54 Å². The van der Waals surface area contributed by atoms with E-state index in [1.54, 1.807) is 0 Å².